The first-order chi connectivity index (χ1) is 15.4. The molecular formula is C24H32N4O3S. The highest BCUT2D eigenvalue weighted by atomic mass is 32.2. The van der Waals surface area contributed by atoms with E-state index in [4.69, 9.17) is 4.98 Å². The lowest BCUT2D eigenvalue weighted by atomic mass is 9.78. The molecule has 2 aromatic rings. The van der Waals surface area contributed by atoms with Crippen LogP contribution in [0.25, 0.3) is 10.9 Å². The molecule has 1 aromatic carbocycles. The van der Waals surface area contributed by atoms with Crippen LogP contribution in [0.15, 0.2) is 34.2 Å². The van der Waals surface area contributed by atoms with E-state index in [2.05, 4.69) is 13.8 Å². The van der Waals surface area contributed by atoms with Crippen molar-refractivity contribution in [1.82, 2.24) is 19.4 Å². The van der Waals surface area contributed by atoms with Gasteiger partial charge in [-0.05, 0) is 30.4 Å². The van der Waals surface area contributed by atoms with Gasteiger partial charge in [-0.15, -0.1) is 0 Å². The maximum atomic E-state index is 13.5. The molecule has 7 nitrogen and oxygen atoms in total. The Labute approximate surface area is 193 Å². The molecule has 3 atom stereocenters. The molecule has 2 heterocycles. The van der Waals surface area contributed by atoms with E-state index in [-0.39, 0.29) is 29.2 Å². The number of thioether (sulfide) groups is 1. The third-order valence-electron chi connectivity index (χ3n) is 7.17. The van der Waals surface area contributed by atoms with Gasteiger partial charge in [-0.25, -0.2) is 4.98 Å². The van der Waals surface area contributed by atoms with E-state index in [1.165, 1.54) is 18.2 Å². The first-order valence-electron chi connectivity index (χ1n) is 11.5. The van der Waals surface area contributed by atoms with Gasteiger partial charge in [0.05, 0.1) is 16.7 Å². The van der Waals surface area contributed by atoms with Gasteiger partial charge in [0.2, 0.25) is 11.8 Å². The number of para-hydroxylation sites is 1. The fraction of sp³-hybridized carbons (Fsp3) is 0.583. The van der Waals surface area contributed by atoms with E-state index in [0.29, 0.717) is 54.1 Å². The maximum Gasteiger partial charge on any atom is 0.262 e. The smallest absolute Gasteiger partial charge is 0.262 e. The van der Waals surface area contributed by atoms with E-state index in [0.717, 1.165) is 12.8 Å². The monoisotopic (exact) mass is 456 g/mol. The van der Waals surface area contributed by atoms with E-state index >= 15 is 0 Å². The van der Waals surface area contributed by atoms with Crippen molar-refractivity contribution >= 4 is 34.5 Å². The molecule has 0 radical (unpaired) electrons. The highest BCUT2D eigenvalue weighted by molar-refractivity contribution is 7.99. The average molecular weight is 457 g/mol. The van der Waals surface area contributed by atoms with Crippen LogP contribution in [0.1, 0.15) is 46.1 Å². The average Bonchev–Trinajstić information content (AvgIpc) is 2.80. The summed E-state index contributed by atoms with van der Waals surface area (Å²) >= 11 is 1.36. The molecule has 1 aliphatic heterocycles. The summed E-state index contributed by atoms with van der Waals surface area (Å²) < 4.78 is 1.87. The largest absolute Gasteiger partial charge is 0.339 e. The minimum Gasteiger partial charge on any atom is -0.339 e. The third-order valence-corrected chi connectivity index (χ3v) is 8.11. The molecule has 8 heteroatoms. The van der Waals surface area contributed by atoms with Gasteiger partial charge in [0.15, 0.2) is 5.16 Å². The number of hydrogen-bond acceptors (Lipinski definition) is 5. The predicted molar refractivity (Wildman–Crippen MR) is 127 cm³/mol. The molecule has 1 aliphatic carbocycles. The summed E-state index contributed by atoms with van der Waals surface area (Å²) in [5, 5.41) is 1.27. The van der Waals surface area contributed by atoms with Crippen LogP contribution in [0.4, 0.5) is 0 Å². The second-order valence-corrected chi connectivity index (χ2v) is 10.0. The number of carbonyl (C=O) groups excluding carboxylic acids is 2. The van der Waals surface area contributed by atoms with Crippen LogP contribution in [0.3, 0.4) is 0 Å². The summed E-state index contributed by atoms with van der Waals surface area (Å²) in [5.74, 6) is 1.23. The Morgan fingerprint density at radius 2 is 1.75 bits per heavy atom. The molecule has 2 amide bonds. The van der Waals surface area contributed by atoms with Crippen LogP contribution in [0.2, 0.25) is 0 Å². The van der Waals surface area contributed by atoms with Crippen molar-refractivity contribution in [1.29, 1.82) is 0 Å². The number of rotatable bonds is 4. The summed E-state index contributed by atoms with van der Waals surface area (Å²) in [7, 11) is 0. The summed E-state index contributed by atoms with van der Waals surface area (Å²) in [5.41, 5.74) is 0.668. The highest BCUT2D eigenvalue weighted by Crippen LogP contribution is 2.38. The van der Waals surface area contributed by atoms with Crippen molar-refractivity contribution in [3.63, 3.8) is 0 Å². The highest BCUT2D eigenvalue weighted by Gasteiger charge is 2.32. The Balaban J connectivity index is 1.58. The van der Waals surface area contributed by atoms with Gasteiger partial charge < -0.3 is 9.80 Å². The Hall–Kier alpha value is -2.35. The zero-order valence-electron chi connectivity index (χ0n) is 19.1. The van der Waals surface area contributed by atoms with Gasteiger partial charge in [-0.1, -0.05) is 50.6 Å². The molecule has 0 N–H and O–H groups in total. The van der Waals surface area contributed by atoms with Crippen LogP contribution in [-0.4, -0.2) is 63.1 Å². The van der Waals surface area contributed by atoms with Crippen LogP contribution < -0.4 is 5.56 Å². The first kappa shape index (κ1) is 22.8. The zero-order valence-corrected chi connectivity index (χ0v) is 19.9. The minimum absolute atomic E-state index is 0.00780. The van der Waals surface area contributed by atoms with E-state index in [1.807, 2.05) is 28.8 Å². The molecule has 32 heavy (non-hydrogen) atoms. The Kier molecular flexibility index (Phi) is 6.88. The summed E-state index contributed by atoms with van der Waals surface area (Å²) in [6.45, 7) is 8.29. The number of hydrogen-bond donors (Lipinski definition) is 0. The van der Waals surface area contributed by atoms with Gasteiger partial charge in [-0.2, -0.15) is 0 Å². The van der Waals surface area contributed by atoms with E-state index < -0.39 is 0 Å². The quantitative estimate of drug-likeness (QED) is 0.522. The van der Waals surface area contributed by atoms with Gasteiger partial charge in [0, 0.05) is 39.1 Å². The lowest BCUT2D eigenvalue weighted by Crippen LogP contribution is -2.50. The van der Waals surface area contributed by atoms with Crippen molar-refractivity contribution in [3.8, 4) is 0 Å². The molecule has 172 valence electrons. The van der Waals surface area contributed by atoms with Gasteiger partial charge in [-0.3, -0.25) is 19.0 Å². The van der Waals surface area contributed by atoms with Gasteiger partial charge >= 0.3 is 0 Å². The number of piperazine rings is 1. The molecule has 1 saturated heterocycles. The van der Waals surface area contributed by atoms with Crippen molar-refractivity contribution in [2.24, 2.45) is 11.8 Å². The minimum atomic E-state index is -0.00780. The predicted octanol–water partition coefficient (Wildman–Crippen LogP) is 3.18. The molecule has 0 unspecified atom stereocenters. The molecule has 4 rings (SSSR count). The molecule has 2 fully saturated rings. The van der Waals surface area contributed by atoms with Crippen molar-refractivity contribution in [3.05, 3.63) is 34.6 Å². The number of amides is 2. The van der Waals surface area contributed by atoms with Crippen LogP contribution >= 0.6 is 11.8 Å². The first-order valence-corrected chi connectivity index (χ1v) is 12.5. The summed E-state index contributed by atoms with van der Waals surface area (Å²) in [6.07, 6.45) is 3.24. The van der Waals surface area contributed by atoms with Crippen molar-refractivity contribution in [2.45, 2.75) is 51.2 Å². The zero-order chi connectivity index (χ0) is 22.8. The van der Waals surface area contributed by atoms with Crippen LogP contribution in [0, 0.1) is 11.8 Å². The fourth-order valence-electron chi connectivity index (χ4n) is 4.93. The fourth-order valence-corrected chi connectivity index (χ4v) is 5.88. The molecule has 1 aromatic heterocycles. The molecule has 2 aliphatic rings. The van der Waals surface area contributed by atoms with E-state index in [9.17, 15) is 14.4 Å². The number of fused-ring (bicyclic) bond motifs is 1. The van der Waals surface area contributed by atoms with Gasteiger partial charge in [0.25, 0.3) is 5.56 Å². The van der Waals surface area contributed by atoms with Crippen LogP contribution in [0.5, 0.6) is 0 Å². The lowest BCUT2D eigenvalue weighted by molar-refractivity contribution is -0.136. The lowest BCUT2D eigenvalue weighted by Gasteiger charge is -2.36. The van der Waals surface area contributed by atoms with Crippen LogP contribution in [-0.2, 0) is 9.59 Å². The Bertz CT molecular complexity index is 1060. The second-order valence-electron chi connectivity index (χ2n) is 9.10. The van der Waals surface area contributed by atoms with Gasteiger partial charge in [0.1, 0.15) is 0 Å². The Morgan fingerprint density at radius 3 is 2.47 bits per heavy atom. The third kappa shape index (κ3) is 4.56. The SMILES string of the molecule is CC(=O)N1CCN(C(=O)CSc2nc3ccccc3c(=O)n2[C@@H]2CCC[C@@H](C)[C@H]2C)CC1. The number of carbonyl (C=O) groups is 2. The normalized spacial score (nSPS) is 24.0. The van der Waals surface area contributed by atoms with Crippen molar-refractivity contribution in [2.75, 3.05) is 31.9 Å². The summed E-state index contributed by atoms with van der Waals surface area (Å²) in [6, 6.07) is 7.56. The molecule has 0 bridgehead atoms. The number of benzene rings is 1. The maximum absolute atomic E-state index is 13.5. The Morgan fingerprint density at radius 1 is 1.06 bits per heavy atom. The van der Waals surface area contributed by atoms with E-state index in [1.54, 1.807) is 16.7 Å². The molecule has 1 saturated carbocycles. The second kappa shape index (κ2) is 9.65. The number of nitrogens with zero attached hydrogens (tertiary/aromatic N) is 4. The standard InChI is InChI=1S/C24H32N4O3S/c1-16-7-6-10-21(17(16)2)28-23(31)19-8-4-5-9-20(19)25-24(28)32-15-22(30)27-13-11-26(12-14-27)18(3)29/h4-5,8-9,16-17,21H,6-7,10-15H2,1-3H3/t16-,17-,21-/m1/s1. The molecule has 0 spiro atoms. The molecular weight excluding hydrogens is 424 g/mol. The number of aromatic nitrogens is 2. The topological polar surface area (TPSA) is 75.5 Å². The van der Waals surface area contributed by atoms with Crippen molar-refractivity contribution < 1.29 is 9.59 Å². The summed E-state index contributed by atoms with van der Waals surface area (Å²) in [4.78, 5) is 46.4.